The number of hydrogen-bond donors (Lipinski definition) is 2. The third-order valence-corrected chi connectivity index (χ3v) is 3.68. The van der Waals surface area contributed by atoms with Crippen LogP contribution in [0, 0.1) is 6.92 Å². The molecule has 0 spiro atoms. The highest BCUT2D eigenvalue weighted by Gasteiger charge is 2.19. The van der Waals surface area contributed by atoms with E-state index in [0.717, 1.165) is 22.9 Å². The molecule has 0 aliphatic carbocycles. The van der Waals surface area contributed by atoms with Gasteiger partial charge in [0, 0.05) is 21.5 Å². The van der Waals surface area contributed by atoms with Crippen molar-refractivity contribution < 1.29 is 9.21 Å². The fraction of sp³-hybridized carbons (Fsp3) is 0.200. The Morgan fingerprint density at radius 3 is 3.05 bits per heavy atom. The standard InChI is InChI=1S/C15H14ClN3O2/c1-3-9-7-17-19-14(9)18-15(20)13-8(2)11-6-10(16)4-5-12(11)21-13/h4-7H,3H2,1-2H3,(H2,17,18,19,20). The average molecular weight is 304 g/mol. The van der Waals surface area contributed by atoms with E-state index in [-0.39, 0.29) is 11.7 Å². The van der Waals surface area contributed by atoms with Gasteiger partial charge in [0.1, 0.15) is 11.4 Å². The molecule has 3 rings (SSSR count). The number of anilines is 1. The van der Waals surface area contributed by atoms with Crippen LogP contribution >= 0.6 is 11.6 Å². The Hall–Kier alpha value is -2.27. The molecule has 108 valence electrons. The first-order valence-corrected chi connectivity index (χ1v) is 7.00. The van der Waals surface area contributed by atoms with Gasteiger partial charge >= 0.3 is 0 Å². The molecule has 0 saturated carbocycles. The minimum atomic E-state index is -0.307. The SMILES string of the molecule is CCc1cn[nH]c1NC(=O)c1oc2ccc(Cl)cc2c1C. The number of H-pyrrole nitrogens is 1. The Balaban J connectivity index is 1.96. The highest BCUT2D eigenvalue weighted by Crippen LogP contribution is 2.28. The van der Waals surface area contributed by atoms with E-state index >= 15 is 0 Å². The predicted octanol–water partition coefficient (Wildman–Crippen LogP) is 3.93. The molecule has 5 nitrogen and oxygen atoms in total. The Labute approximate surface area is 126 Å². The van der Waals surface area contributed by atoms with E-state index in [0.29, 0.717) is 16.4 Å². The molecule has 0 atom stereocenters. The zero-order valence-electron chi connectivity index (χ0n) is 11.7. The Morgan fingerprint density at radius 1 is 1.48 bits per heavy atom. The molecule has 0 aliphatic rings. The minimum absolute atomic E-state index is 0.281. The fourth-order valence-electron chi connectivity index (χ4n) is 2.27. The number of nitrogens with zero attached hydrogens (tertiary/aromatic N) is 1. The van der Waals surface area contributed by atoms with Crippen molar-refractivity contribution in [2.75, 3.05) is 5.32 Å². The average Bonchev–Trinajstić information content (AvgIpc) is 3.04. The summed E-state index contributed by atoms with van der Waals surface area (Å²) in [6, 6.07) is 5.29. The molecule has 0 aliphatic heterocycles. The quantitative estimate of drug-likeness (QED) is 0.770. The van der Waals surface area contributed by atoms with E-state index in [9.17, 15) is 4.79 Å². The number of hydrogen-bond acceptors (Lipinski definition) is 3. The van der Waals surface area contributed by atoms with Gasteiger partial charge in [0.15, 0.2) is 5.76 Å². The summed E-state index contributed by atoms with van der Waals surface area (Å²) in [6.45, 7) is 3.83. The third kappa shape index (κ3) is 2.40. The van der Waals surface area contributed by atoms with Crippen LogP contribution in [0.2, 0.25) is 5.02 Å². The molecule has 0 fully saturated rings. The van der Waals surface area contributed by atoms with Crippen molar-refractivity contribution in [1.29, 1.82) is 0 Å². The Kier molecular flexibility index (Phi) is 3.43. The van der Waals surface area contributed by atoms with Gasteiger partial charge in [-0.2, -0.15) is 5.10 Å². The monoisotopic (exact) mass is 303 g/mol. The molecule has 3 aromatic rings. The van der Waals surface area contributed by atoms with Crippen LogP contribution in [0.3, 0.4) is 0 Å². The molecule has 1 aromatic carbocycles. The summed E-state index contributed by atoms with van der Waals surface area (Å²) in [5.74, 6) is 0.572. The van der Waals surface area contributed by atoms with Crippen LogP contribution in [0.25, 0.3) is 11.0 Å². The lowest BCUT2D eigenvalue weighted by molar-refractivity contribution is 0.0997. The van der Waals surface area contributed by atoms with Gasteiger partial charge in [-0.3, -0.25) is 9.89 Å². The molecule has 0 bridgehead atoms. The van der Waals surface area contributed by atoms with Crippen molar-refractivity contribution in [3.8, 4) is 0 Å². The molecular formula is C15H14ClN3O2. The second-order valence-corrected chi connectivity index (χ2v) is 5.21. The summed E-state index contributed by atoms with van der Waals surface area (Å²) in [7, 11) is 0. The maximum atomic E-state index is 12.4. The van der Waals surface area contributed by atoms with Gasteiger partial charge in [-0.25, -0.2) is 0 Å². The van der Waals surface area contributed by atoms with E-state index in [1.54, 1.807) is 24.4 Å². The minimum Gasteiger partial charge on any atom is -0.451 e. The highest BCUT2D eigenvalue weighted by atomic mass is 35.5. The van der Waals surface area contributed by atoms with Gasteiger partial charge in [0.25, 0.3) is 5.91 Å². The number of benzene rings is 1. The molecule has 2 N–H and O–H groups in total. The maximum absolute atomic E-state index is 12.4. The molecule has 2 heterocycles. The molecule has 21 heavy (non-hydrogen) atoms. The molecule has 6 heteroatoms. The topological polar surface area (TPSA) is 70.9 Å². The number of aryl methyl sites for hydroxylation is 2. The van der Waals surface area contributed by atoms with Crippen molar-refractivity contribution in [1.82, 2.24) is 10.2 Å². The molecule has 2 aromatic heterocycles. The van der Waals surface area contributed by atoms with E-state index < -0.39 is 0 Å². The summed E-state index contributed by atoms with van der Waals surface area (Å²) in [5, 5.41) is 10.9. The maximum Gasteiger partial charge on any atom is 0.292 e. The number of aromatic nitrogens is 2. The van der Waals surface area contributed by atoms with E-state index in [4.69, 9.17) is 16.0 Å². The van der Waals surface area contributed by atoms with Crippen LogP contribution in [0.5, 0.6) is 0 Å². The number of amides is 1. The molecule has 0 unspecified atom stereocenters. The van der Waals surface area contributed by atoms with Crippen LogP contribution in [0.15, 0.2) is 28.8 Å². The lowest BCUT2D eigenvalue weighted by Gasteiger charge is -2.03. The van der Waals surface area contributed by atoms with Crippen LogP contribution in [-0.4, -0.2) is 16.1 Å². The van der Waals surface area contributed by atoms with Crippen molar-refractivity contribution in [2.45, 2.75) is 20.3 Å². The van der Waals surface area contributed by atoms with Crippen molar-refractivity contribution in [2.24, 2.45) is 0 Å². The largest absolute Gasteiger partial charge is 0.451 e. The summed E-state index contributed by atoms with van der Waals surface area (Å²) < 4.78 is 5.63. The van der Waals surface area contributed by atoms with Gasteiger partial charge < -0.3 is 9.73 Å². The van der Waals surface area contributed by atoms with Crippen molar-refractivity contribution in [3.05, 3.63) is 46.3 Å². The normalized spacial score (nSPS) is 11.0. The van der Waals surface area contributed by atoms with E-state index in [1.165, 1.54) is 0 Å². The lowest BCUT2D eigenvalue weighted by atomic mass is 10.1. The van der Waals surface area contributed by atoms with Crippen LogP contribution in [0.4, 0.5) is 5.82 Å². The molecule has 0 radical (unpaired) electrons. The molecule has 1 amide bonds. The first kappa shape index (κ1) is 13.7. The summed E-state index contributed by atoms with van der Waals surface area (Å²) in [6.07, 6.45) is 2.47. The molecular weight excluding hydrogens is 290 g/mol. The highest BCUT2D eigenvalue weighted by molar-refractivity contribution is 6.31. The first-order valence-electron chi connectivity index (χ1n) is 6.62. The first-order chi connectivity index (χ1) is 10.1. The zero-order chi connectivity index (χ0) is 15.0. The van der Waals surface area contributed by atoms with Crippen LogP contribution < -0.4 is 5.32 Å². The van der Waals surface area contributed by atoms with Crippen LogP contribution in [-0.2, 0) is 6.42 Å². The van der Waals surface area contributed by atoms with E-state index in [2.05, 4.69) is 15.5 Å². The van der Waals surface area contributed by atoms with Crippen molar-refractivity contribution in [3.63, 3.8) is 0 Å². The predicted molar refractivity (Wildman–Crippen MR) is 81.9 cm³/mol. The number of halogens is 1. The second kappa shape index (κ2) is 5.26. The van der Waals surface area contributed by atoms with Gasteiger partial charge in [0.2, 0.25) is 0 Å². The Bertz CT molecular complexity index is 820. The molecule has 0 saturated heterocycles. The number of rotatable bonds is 3. The number of carbonyl (C=O) groups is 1. The number of aromatic amines is 1. The van der Waals surface area contributed by atoms with Gasteiger partial charge in [-0.15, -0.1) is 0 Å². The number of fused-ring (bicyclic) bond motifs is 1. The lowest BCUT2D eigenvalue weighted by Crippen LogP contribution is -2.13. The third-order valence-electron chi connectivity index (χ3n) is 3.44. The Morgan fingerprint density at radius 2 is 2.29 bits per heavy atom. The summed E-state index contributed by atoms with van der Waals surface area (Å²) >= 11 is 5.98. The van der Waals surface area contributed by atoms with E-state index in [1.807, 2.05) is 13.8 Å². The van der Waals surface area contributed by atoms with Gasteiger partial charge in [-0.1, -0.05) is 18.5 Å². The number of carbonyl (C=O) groups excluding carboxylic acids is 1. The van der Waals surface area contributed by atoms with Gasteiger partial charge in [0.05, 0.1) is 6.20 Å². The number of furan rings is 1. The summed E-state index contributed by atoms with van der Waals surface area (Å²) in [4.78, 5) is 12.4. The summed E-state index contributed by atoms with van der Waals surface area (Å²) in [5.41, 5.74) is 2.35. The second-order valence-electron chi connectivity index (χ2n) is 4.77. The fourth-order valence-corrected chi connectivity index (χ4v) is 2.44. The van der Waals surface area contributed by atoms with Crippen molar-refractivity contribution >= 4 is 34.3 Å². The van der Waals surface area contributed by atoms with Crippen LogP contribution in [0.1, 0.15) is 28.6 Å². The zero-order valence-corrected chi connectivity index (χ0v) is 12.4. The smallest absolute Gasteiger partial charge is 0.292 e. The van der Waals surface area contributed by atoms with Gasteiger partial charge in [-0.05, 0) is 31.5 Å². The number of nitrogens with one attached hydrogen (secondary N) is 2.